The highest BCUT2D eigenvalue weighted by atomic mass is 16.5. The molecule has 4 nitrogen and oxygen atoms in total. The van der Waals surface area contributed by atoms with Gasteiger partial charge in [0.2, 0.25) is 0 Å². The van der Waals surface area contributed by atoms with Crippen molar-refractivity contribution >= 4 is 5.97 Å². The molecule has 0 spiro atoms. The molecule has 1 aromatic heterocycles. The number of ether oxygens (including phenoxy) is 1. The molecule has 0 amide bonds. The predicted molar refractivity (Wildman–Crippen MR) is 82.9 cm³/mol. The summed E-state index contributed by atoms with van der Waals surface area (Å²) in [5.41, 5.74) is 1.62. The van der Waals surface area contributed by atoms with E-state index in [-0.39, 0.29) is 12.6 Å². The highest BCUT2D eigenvalue weighted by molar-refractivity contribution is 5.69. The van der Waals surface area contributed by atoms with Gasteiger partial charge in [-0.15, -0.1) is 0 Å². The second-order valence-corrected chi connectivity index (χ2v) is 5.92. The number of nitrogens with zero attached hydrogens (tertiary/aromatic N) is 1. The van der Waals surface area contributed by atoms with Crippen molar-refractivity contribution in [2.24, 2.45) is 5.92 Å². The normalized spacial score (nSPS) is 15.6. The summed E-state index contributed by atoms with van der Waals surface area (Å²) in [6.45, 7) is 0.182. The van der Waals surface area contributed by atoms with Crippen LogP contribution in [0.25, 0.3) is 11.3 Å². The van der Waals surface area contributed by atoms with Gasteiger partial charge in [0.1, 0.15) is 12.3 Å². The maximum atomic E-state index is 11.9. The van der Waals surface area contributed by atoms with Crippen LogP contribution >= 0.6 is 0 Å². The Labute approximate surface area is 130 Å². The van der Waals surface area contributed by atoms with Gasteiger partial charge in [-0.1, -0.05) is 54.8 Å². The van der Waals surface area contributed by atoms with Gasteiger partial charge in [-0.2, -0.15) is 0 Å². The van der Waals surface area contributed by atoms with Crippen molar-refractivity contribution in [1.82, 2.24) is 5.16 Å². The van der Waals surface area contributed by atoms with Gasteiger partial charge in [0, 0.05) is 18.1 Å². The van der Waals surface area contributed by atoms with Gasteiger partial charge in [0.25, 0.3) is 0 Å². The predicted octanol–water partition coefficient (Wildman–Crippen LogP) is 4.36. The van der Waals surface area contributed by atoms with Crippen molar-refractivity contribution in [3.8, 4) is 11.3 Å². The minimum Gasteiger partial charge on any atom is -0.459 e. The third-order valence-electron chi connectivity index (χ3n) is 4.18. The van der Waals surface area contributed by atoms with E-state index >= 15 is 0 Å². The molecule has 0 radical (unpaired) electrons. The van der Waals surface area contributed by atoms with E-state index in [1.807, 2.05) is 36.4 Å². The van der Waals surface area contributed by atoms with Crippen LogP contribution in [0, 0.1) is 5.92 Å². The maximum absolute atomic E-state index is 11.9. The van der Waals surface area contributed by atoms with Gasteiger partial charge < -0.3 is 9.26 Å². The van der Waals surface area contributed by atoms with Gasteiger partial charge in [-0.05, 0) is 18.8 Å². The fourth-order valence-electron chi connectivity index (χ4n) is 2.96. The monoisotopic (exact) mass is 299 g/mol. The molecule has 1 aliphatic carbocycles. The summed E-state index contributed by atoms with van der Waals surface area (Å²) in [6, 6.07) is 11.6. The van der Waals surface area contributed by atoms with E-state index in [4.69, 9.17) is 9.26 Å². The van der Waals surface area contributed by atoms with Gasteiger partial charge in [0.05, 0.1) is 0 Å². The first kappa shape index (κ1) is 14.8. The number of hydrogen-bond acceptors (Lipinski definition) is 4. The first-order valence-corrected chi connectivity index (χ1v) is 7.98. The van der Waals surface area contributed by atoms with Gasteiger partial charge in [-0.25, -0.2) is 0 Å². The molecule has 2 aromatic rings. The lowest BCUT2D eigenvalue weighted by Gasteiger charge is -2.20. The van der Waals surface area contributed by atoms with Crippen LogP contribution in [0.4, 0.5) is 0 Å². The summed E-state index contributed by atoms with van der Waals surface area (Å²) in [7, 11) is 0. The zero-order valence-electron chi connectivity index (χ0n) is 12.7. The summed E-state index contributed by atoms with van der Waals surface area (Å²) in [4.78, 5) is 11.9. The third-order valence-corrected chi connectivity index (χ3v) is 4.18. The van der Waals surface area contributed by atoms with Crippen molar-refractivity contribution in [3.63, 3.8) is 0 Å². The number of benzene rings is 1. The molecule has 1 heterocycles. The molecule has 3 rings (SSSR count). The molecule has 1 aliphatic rings. The van der Waals surface area contributed by atoms with Crippen molar-refractivity contribution in [2.45, 2.75) is 45.1 Å². The minimum atomic E-state index is -0.129. The van der Waals surface area contributed by atoms with E-state index in [9.17, 15) is 4.79 Å². The van der Waals surface area contributed by atoms with Crippen LogP contribution in [-0.2, 0) is 16.1 Å². The van der Waals surface area contributed by atoms with E-state index < -0.39 is 0 Å². The third kappa shape index (κ3) is 3.97. The molecule has 0 bridgehead atoms. The van der Waals surface area contributed by atoms with Crippen molar-refractivity contribution < 1.29 is 14.1 Å². The van der Waals surface area contributed by atoms with Crippen molar-refractivity contribution in [1.29, 1.82) is 0 Å². The van der Waals surface area contributed by atoms with Crippen LogP contribution in [0.1, 0.15) is 44.2 Å². The van der Waals surface area contributed by atoms with E-state index in [1.165, 1.54) is 19.3 Å². The van der Waals surface area contributed by atoms with Gasteiger partial charge >= 0.3 is 5.97 Å². The summed E-state index contributed by atoms with van der Waals surface area (Å²) in [5.74, 6) is 1.06. The Hall–Kier alpha value is -2.10. The number of esters is 1. The summed E-state index contributed by atoms with van der Waals surface area (Å²) >= 11 is 0. The topological polar surface area (TPSA) is 52.3 Å². The molecule has 116 valence electrons. The highest BCUT2D eigenvalue weighted by Gasteiger charge is 2.18. The summed E-state index contributed by atoms with van der Waals surface area (Å²) in [5, 5.41) is 3.96. The Bertz CT molecular complexity index is 600. The van der Waals surface area contributed by atoms with Crippen LogP contribution < -0.4 is 0 Å². The molecule has 0 N–H and O–H groups in total. The number of carbonyl (C=O) groups excluding carboxylic acids is 1. The van der Waals surface area contributed by atoms with Gasteiger partial charge in [0.15, 0.2) is 5.76 Å². The number of aromatic nitrogens is 1. The van der Waals surface area contributed by atoms with Crippen LogP contribution in [0.3, 0.4) is 0 Å². The second kappa shape index (κ2) is 7.25. The zero-order chi connectivity index (χ0) is 15.2. The number of rotatable bonds is 5. The lowest BCUT2D eigenvalue weighted by atomic mass is 9.87. The minimum absolute atomic E-state index is 0.129. The second-order valence-electron chi connectivity index (χ2n) is 5.92. The van der Waals surface area contributed by atoms with Crippen LogP contribution in [0.15, 0.2) is 40.9 Å². The Kier molecular flexibility index (Phi) is 4.88. The molecule has 1 aromatic carbocycles. The van der Waals surface area contributed by atoms with Crippen LogP contribution in [-0.4, -0.2) is 11.1 Å². The summed E-state index contributed by atoms with van der Waals surface area (Å²) < 4.78 is 10.6. The average molecular weight is 299 g/mol. The standard InChI is InChI=1S/C18H21NO3/c20-18(11-14-7-3-1-4-8-14)21-13-16-12-17(22-19-16)15-9-5-2-6-10-15/h2,5-6,9-10,12,14H,1,3-4,7-8,11,13H2. The molecule has 0 atom stereocenters. The lowest BCUT2D eigenvalue weighted by Crippen LogP contribution is -2.14. The van der Waals surface area contributed by atoms with E-state index in [1.54, 1.807) is 0 Å². The van der Waals surface area contributed by atoms with Crippen LogP contribution in [0.5, 0.6) is 0 Å². The molecule has 1 saturated carbocycles. The Morgan fingerprint density at radius 2 is 1.95 bits per heavy atom. The Morgan fingerprint density at radius 3 is 2.73 bits per heavy atom. The van der Waals surface area contributed by atoms with Gasteiger partial charge in [-0.3, -0.25) is 4.79 Å². The fraction of sp³-hybridized carbons (Fsp3) is 0.444. The van der Waals surface area contributed by atoms with Crippen molar-refractivity contribution in [2.75, 3.05) is 0 Å². The Morgan fingerprint density at radius 1 is 1.18 bits per heavy atom. The maximum Gasteiger partial charge on any atom is 0.306 e. The van der Waals surface area contributed by atoms with E-state index in [0.717, 1.165) is 18.4 Å². The van der Waals surface area contributed by atoms with E-state index in [2.05, 4.69) is 5.16 Å². The number of carbonyl (C=O) groups is 1. The first-order valence-electron chi connectivity index (χ1n) is 7.98. The molecule has 4 heteroatoms. The van der Waals surface area contributed by atoms with Crippen molar-refractivity contribution in [3.05, 3.63) is 42.1 Å². The SMILES string of the molecule is O=C(CC1CCCCC1)OCc1cc(-c2ccccc2)on1. The smallest absolute Gasteiger partial charge is 0.306 e. The molecule has 0 aliphatic heterocycles. The first-order chi connectivity index (χ1) is 10.8. The quantitative estimate of drug-likeness (QED) is 0.770. The largest absolute Gasteiger partial charge is 0.459 e. The molecule has 0 unspecified atom stereocenters. The fourth-order valence-corrected chi connectivity index (χ4v) is 2.96. The Balaban J connectivity index is 1.49. The molecular formula is C18H21NO3. The number of hydrogen-bond donors (Lipinski definition) is 0. The summed E-state index contributed by atoms with van der Waals surface area (Å²) in [6.07, 6.45) is 6.61. The van der Waals surface area contributed by atoms with Crippen LogP contribution in [0.2, 0.25) is 0 Å². The molecule has 0 saturated heterocycles. The molecule has 1 fully saturated rings. The lowest BCUT2D eigenvalue weighted by molar-refractivity contribution is -0.146. The highest BCUT2D eigenvalue weighted by Crippen LogP contribution is 2.26. The molecule has 22 heavy (non-hydrogen) atoms. The molecular weight excluding hydrogens is 278 g/mol. The van der Waals surface area contributed by atoms with E-state index in [0.29, 0.717) is 23.8 Å². The average Bonchev–Trinajstić information content (AvgIpc) is 3.04. The zero-order valence-corrected chi connectivity index (χ0v) is 12.7.